The van der Waals surface area contributed by atoms with Gasteiger partial charge in [-0.05, 0) is 19.8 Å². The smallest absolute Gasteiger partial charge is 0.157 e. The number of hydrogen-bond acceptors (Lipinski definition) is 4. The second-order valence-electron chi connectivity index (χ2n) is 4.15. The first kappa shape index (κ1) is 15.8. The highest BCUT2D eigenvalue weighted by Crippen LogP contribution is 2.06. The maximum absolute atomic E-state index is 9.57. The molecule has 0 heterocycles. The summed E-state index contributed by atoms with van der Waals surface area (Å²) in [5, 5.41) is 18.6. The van der Waals surface area contributed by atoms with Crippen LogP contribution in [0.5, 0.6) is 0 Å². The van der Waals surface area contributed by atoms with Gasteiger partial charge < -0.3 is 19.7 Å². The van der Waals surface area contributed by atoms with Gasteiger partial charge in [-0.25, -0.2) is 0 Å². The van der Waals surface area contributed by atoms with Crippen molar-refractivity contribution in [1.82, 2.24) is 0 Å². The van der Waals surface area contributed by atoms with Gasteiger partial charge in [0.15, 0.2) is 6.29 Å². The zero-order valence-electron chi connectivity index (χ0n) is 10.7. The molecule has 3 unspecified atom stereocenters. The van der Waals surface area contributed by atoms with E-state index in [0.717, 1.165) is 19.3 Å². The lowest BCUT2D eigenvalue weighted by Gasteiger charge is -2.19. The number of rotatable bonds is 10. The van der Waals surface area contributed by atoms with Gasteiger partial charge in [0.1, 0.15) is 0 Å². The largest absolute Gasteiger partial charge is 0.391 e. The first-order valence-corrected chi connectivity index (χ1v) is 6.19. The quantitative estimate of drug-likeness (QED) is 0.565. The minimum absolute atomic E-state index is 0.267. The molecule has 3 atom stereocenters. The van der Waals surface area contributed by atoms with E-state index in [2.05, 4.69) is 6.92 Å². The van der Waals surface area contributed by atoms with E-state index in [1.807, 2.05) is 6.92 Å². The molecule has 0 aliphatic heterocycles. The summed E-state index contributed by atoms with van der Waals surface area (Å²) in [6, 6.07) is 0. The second-order valence-corrected chi connectivity index (χ2v) is 4.15. The van der Waals surface area contributed by atoms with Gasteiger partial charge in [0, 0.05) is 0 Å². The Morgan fingerprint density at radius 2 is 1.69 bits per heavy atom. The summed E-state index contributed by atoms with van der Waals surface area (Å²) in [4.78, 5) is 0. The van der Waals surface area contributed by atoms with Crippen molar-refractivity contribution in [3.05, 3.63) is 0 Å². The Morgan fingerprint density at radius 1 is 1.06 bits per heavy atom. The lowest BCUT2D eigenvalue weighted by atomic mass is 10.2. The van der Waals surface area contributed by atoms with Gasteiger partial charge in [-0.15, -0.1) is 0 Å². The van der Waals surface area contributed by atoms with Crippen LogP contribution in [-0.2, 0) is 9.47 Å². The monoisotopic (exact) mass is 234 g/mol. The SMILES string of the molecule is CCCCC(O)COC(CC)OCC(C)O. The van der Waals surface area contributed by atoms with Gasteiger partial charge in [-0.2, -0.15) is 0 Å². The number of ether oxygens (including phenoxy) is 2. The maximum Gasteiger partial charge on any atom is 0.157 e. The maximum atomic E-state index is 9.57. The van der Waals surface area contributed by atoms with Crippen LogP contribution in [0.3, 0.4) is 0 Å². The van der Waals surface area contributed by atoms with Crippen molar-refractivity contribution >= 4 is 0 Å². The molecule has 0 fully saturated rings. The van der Waals surface area contributed by atoms with Crippen molar-refractivity contribution in [2.24, 2.45) is 0 Å². The summed E-state index contributed by atoms with van der Waals surface area (Å²) < 4.78 is 10.7. The number of unbranched alkanes of at least 4 members (excludes halogenated alkanes) is 1. The average molecular weight is 234 g/mol. The van der Waals surface area contributed by atoms with E-state index in [1.165, 1.54) is 0 Å². The van der Waals surface area contributed by atoms with E-state index < -0.39 is 12.2 Å². The Kier molecular flexibility index (Phi) is 9.92. The molecule has 2 N–H and O–H groups in total. The number of aliphatic hydroxyl groups excluding tert-OH is 2. The summed E-state index contributed by atoms with van der Waals surface area (Å²) >= 11 is 0. The first-order valence-electron chi connectivity index (χ1n) is 6.19. The van der Waals surface area contributed by atoms with Crippen LogP contribution in [0.2, 0.25) is 0 Å². The molecule has 0 rings (SSSR count). The van der Waals surface area contributed by atoms with Gasteiger partial charge >= 0.3 is 0 Å². The fourth-order valence-electron chi connectivity index (χ4n) is 1.27. The topological polar surface area (TPSA) is 58.9 Å². The van der Waals surface area contributed by atoms with E-state index in [4.69, 9.17) is 14.6 Å². The third-order valence-electron chi connectivity index (χ3n) is 2.22. The average Bonchev–Trinajstić information content (AvgIpc) is 2.26. The fourth-order valence-corrected chi connectivity index (χ4v) is 1.27. The zero-order valence-corrected chi connectivity index (χ0v) is 10.7. The molecule has 0 radical (unpaired) electrons. The Labute approximate surface area is 98.6 Å². The Bertz CT molecular complexity index is 150. The molecule has 4 heteroatoms. The third-order valence-corrected chi connectivity index (χ3v) is 2.22. The Hall–Kier alpha value is -0.160. The molecule has 0 aliphatic carbocycles. The highest BCUT2D eigenvalue weighted by molar-refractivity contribution is 4.54. The zero-order chi connectivity index (χ0) is 12.4. The molecule has 0 aromatic rings. The first-order chi connectivity index (χ1) is 7.60. The predicted molar refractivity (Wildman–Crippen MR) is 63.2 cm³/mol. The van der Waals surface area contributed by atoms with Gasteiger partial charge in [-0.3, -0.25) is 0 Å². The molecule has 0 amide bonds. The van der Waals surface area contributed by atoms with Crippen LogP contribution in [0.4, 0.5) is 0 Å². The van der Waals surface area contributed by atoms with Gasteiger partial charge in [0.2, 0.25) is 0 Å². The lowest BCUT2D eigenvalue weighted by molar-refractivity contribution is -0.170. The molecule has 0 spiro atoms. The molecule has 4 nitrogen and oxygen atoms in total. The molecule has 0 aromatic carbocycles. The van der Waals surface area contributed by atoms with Crippen LogP contribution in [0.25, 0.3) is 0 Å². The molecular weight excluding hydrogens is 208 g/mol. The molecule has 0 aromatic heterocycles. The van der Waals surface area contributed by atoms with Crippen molar-refractivity contribution in [2.75, 3.05) is 13.2 Å². The summed E-state index contributed by atoms with van der Waals surface area (Å²) in [6.07, 6.45) is 2.34. The van der Waals surface area contributed by atoms with Gasteiger partial charge in [-0.1, -0.05) is 26.7 Å². The number of hydrogen-bond donors (Lipinski definition) is 2. The predicted octanol–water partition coefficient (Wildman–Crippen LogP) is 1.69. The normalized spacial score (nSPS) is 17.1. The summed E-state index contributed by atoms with van der Waals surface area (Å²) in [7, 11) is 0. The third kappa shape index (κ3) is 9.09. The van der Waals surface area contributed by atoms with Crippen LogP contribution in [0.15, 0.2) is 0 Å². The second kappa shape index (κ2) is 10.0. The van der Waals surface area contributed by atoms with Crippen molar-refractivity contribution in [1.29, 1.82) is 0 Å². The summed E-state index contributed by atoms with van der Waals surface area (Å²) in [5.74, 6) is 0. The van der Waals surface area contributed by atoms with Crippen LogP contribution in [0, 0.1) is 0 Å². The van der Waals surface area contributed by atoms with Crippen molar-refractivity contribution in [3.8, 4) is 0 Å². The number of aliphatic hydroxyl groups is 2. The van der Waals surface area contributed by atoms with Crippen LogP contribution in [0.1, 0.15) is 46.5 Å². The van der Waals surface area contributed by atoms with E-state index in [-0.39, 0.29) is 12.9 Å². The highest BCUT2D eigenvalue weighted by atomic mass is 16.7. The Balaban J connectivity index is 3.60. The highest BCUT2D eigenvalue weighted by Gasteiger charge is 2.11. The van der Waals surface area contributed by atoms with E-state index in [1.54, 1.807) is 6.92 Å². The summed E-state index contributed by atoms with van der Waals surface area (Å²) in [6.45, 7) is 6.28. The van der Waals surface area contributed by atoms with Crippen molar-refractivity contribution < 1.29 is 19.7 Å². The molecule has 0 saturated carbocycles. The molecule has 16 heavy (non-hydrogen) atoms. The van der Waals surface area contributed by atoms with Crippen LogP contribution in [-0.4, -0.2) is 41.9 Å². The van der Waals surface area contributed by atoms with E-state index in [0.29, 0.717) is 13.0 Å². The Morgan fingerprint density at radius 3 is 2.19 bits per heavy atom. The standard InChI is InChI=1S/C12H26O4/c1-4-6-7-11(14)9-16-12(5-2)15-8-10(3)13/h10-14H,4-9H2,1-3H3. The molecular formula is C12H26O4. The van der Waals surface area contributed by atoms with E-state index in [9.17, 15) is 5.11 Å². The van der Waals surface area contributed by atoms with Crippen LogP contribution < -0.4 is 0 Å². The molecule has 0 bridgehead atoms. The lowest BCUT2D eigenvalue weighted by Crippen LogP contribution is -2.26. The van der Waals surface area contributed by atoms with Gasteiger partial charge in [0.25, 0.3) is 0 Å². The van der Waals surface area contributed by atoms with Gasteiger partial charge in [0.05, 0.1) is 25.4 Å². The summed E-state index contributed by atoms with van der Waals surface area (Å²) in [5.41, 5.74) is 0. The van der Waals surface area contributed by atoms with Crippen LogP contribution >= 0.6 is 0 Å². The molecule has 0 aliphatic rings. The van der Waals surface area contributed by atoms with E-state index >= 15 is 0 Å². The molecule has 98 valence electrons. The van der Waals surface area contributed by atoms with Crippen molar-refractivity contribution in [3.63, 3.8) is 0 Å². The molecule has 0 saturated heterocycles. The fraction of sp³-hybridized carbons (Fsp3) is 1.00. The van der Waals surface area contributed by atoms with Crippen molar-refractivity contribution in [2.45, 2.75) is 65.0 Å². The minimum atomic E-state index is -0.484. The minimum Gasteiger partial charge on any atom is -0.391 e.